The van der Waals surface area contributed by atoms with Gasteiger partial charge in [-0.2, -0.15) is 4.98 Å². The predicted octanol–water partition coefficient (Wildman–Crippen LogP) is 4.37. The Balaban J connectivity index is 1.54. The monoisotopic (exact) mass is 353 g/mol. The van der Waals surface area contributed by atoms with Gasteiger partial charge in [-0.3, -0.25) is 4.79 Å². The summed E-state index contributed by atoms with van der Waals surface area (Å²) in [6, 6.07) is 6.28. The third kappa shape index (κ3) is 3.14. The molecule has 0 fully saturated rings. The molecule has 2 heterocycles. The van der Waals surface area contributed by atoms with Crippen LogP contribution >= 0.6 is 11.3 Å². The quantitative estimate of drug-likeness (QED) is 0.637. The molecule has 0 spiro atoms. The molecule has 0 amide bonds. The number of Topliss-reactive ketones (excluding diaryl/α,β-unsaturated/α-hetero) is 1. The van der Waals surface area contributed by atoms with E-state index in [-0.39, 0.29) is 11.7 Å². The number of hydrogen-bond donors (Lipinski definition) is 0. The van der Waals surface area contributed by atoms with E-state index in [0.717, 1.165) is 29.8 Å². The van der Waals surface area contributed by atoms with Gasteiger partial charge in [0.1, 0.15) is 5.69 Å². The molecule has 0 unspecified atom stereocenters. The minimum absolute atomic E-state index is 0.136. The van der Waals surface area contributed by atoms with Crippen molar-refractivity contribution < 1.29 is 9.32 Å². The summed E-state index contributed by atoms with van der Waals surface area (Å²) in [5.74, 6) is 1.70. The van der Waals surface area contributed by atoms with E-state index in [1.165, 1.54) is 22.5 Å². The van der Waals surface area contributed by atoms with Crippen LogP contribution in [-0.4, -0.2) is 20.9 Å². The van der Waals surface area contributed by atoms with E-state index in [2.05, 4.69) is 27.3 Å². The van der Waals surface area contributed by atoms with Crippen LogP contribution in [0.1, 0.15) is 58.2 Å². The molecule has 0 saturated heterocycles. The smallest absolute Gasteiger partial charge is 0.226 e. The lowest BCUT2D eigenvalue weighted by Gasteiger charge is -2.10. The summed E-state index contributed by atoms with van der Waals surface area (Å²) in [6.07, 6.45) is 3.24. The van der Waals surface area contributed by atoms with Gasteiger partial charge in [0.15, 0.2) is 5.78 Å². The molecule has 25 heavy (non-hydrogen) atoms. The first kappa shape index (κ1) is 16.1. The number of aromatic nitrogens is 3. The maximum Gasteiger partial charge on any atom is 0.226 e. The van der Waals surface area contributed by atoms with Gasteiger partial charge in [0.2, 0.25) is 11.7 Å². The molecule has 1 aliphatic rings. The van der Waals surface area contributed by atoms with Crippen molar-refractivity contribution in [3.05, 3.63) is 51.3 Å². The van der Waals surface area contributed by atoms with E-state index in [4.69, 9.17) is 4.52 Å². The maximum absolute atomic E-state index is 12.5. The molecule has 0 aliphatic heterocycles. The molecule has 5 nitrogen and oxygen atoms in total. The molecule has 2 aromatic heterocycles. The first-order valence-electron chi connectivity index (χ1n) is 8.55. The third-order valence-electron chi connectivity index (χ3n) is 4.71. The first-order chi connectivity index (χ1) is 12.1. The number of nitrogens with zero attached hydrogens (tertiary/aromatic N) is 3. The first-order valence-corrected chi connectivity index (χ1v) is 9.43. The van der Waals surface area contributed by atoms with Crippen molar-refractivity contribution >= 4 is 17.1 Å². The Kier molecular flexibility index (Phi) is 4.21. The fourth-order valence-corrected chi connectivity index (χ4v) is 4.01. The van der Waals surface area contributed by atoms with Gasteiger partial charge in [-0.1, -0.05) is 24.2 Å². The second-order valence-electron chi connectivity index (χ2n) is 6.39. The van der Waals surface area contributed by atoms with Crippen LogP contribution in [0.4, 0.5) is 0 Å². The van der Waals surface area contributed by atoms with Crippen LogP contribution in [-0.2, 0) is 12.8 Å². The number of carbonyl (C=O) groups is 1. The van der Waals surface area contributed by atoms with E-state index >= 15 is 0 Å². The highest BCUT2D eigenvalue weighted by molar-refractivity contribution is 7.09. The molecular weight excluding hydrogens is 334 g/mol. The Labute approximate surface area is 150 Å². The van der Waals surface area contributed by atoms with Crippen LogP contribution in [0.2, 0.25) is 0 Å². The number of ketones is 1. The fraction of sp³-hybridized carbons (Fsp3) is 0.368. The number of benzene rings is 1. The lowest BCUT2D eigenvalue weighted by Crippen LogP contribution is -2.06. The molecular formula is C19H19N3O2S. The molecule has 0 N–H and O–H groups in total. The molecule has 0 saturated carbocycles. The van der Waals surface area contributed by atoms with Gasteiger partial charge in [0.05, 0.1) is 5.01 Å². The topological polar surface area (TPSA) is 68.9 Å². The van der Waals surface area contributed by atoms with Crippen molar-refractivity contribution in [1.29, 1.82) is 0 Å². The summed E-state index contributed by atoms with van der Waals surface area (Å²) in [7, 11) is 0. The lowest BCUT2D eigenvalue weighted by molar-refractivity contribution is 0.0969. The zero-order valence-electron chi connectivity index (χ0n) is 14.3. The van der Waals surface area contributed by atoms with Gasteiger partial charge in [-0.25, -0.2) is 4.98 Å². The van der Waals surface area contributed by atoms with Crippen molar-refractivity contribution in [3.63, 3.8) is 0 Å². The molecule has 128 valence electrons. The molecule has 1 atom stereocenters. The number of aryl methyl sites for hydroxylation is 3. The summed E-state index contributed by atoms with van der Waals surface area (Å²) >= 11 is 1.52. The highest BCUT2D eigenvalue weighted by Crippen LogP contribution is 2.38. The second-order valence-corrected chi connectivity index (χ2v) is 7.46. The Morgan fingerprint density at radius 3 is 2.96 bits per heavy atom. The molecule has 1 aliphatic carbocycles. The van der Waals surface area contributed by atoms with E-state index in [1.807, 2.05) is 25.3 Å². The SMILES string of the molecule is CCc1nc(-c2ccc3c(c2)CC[C@H]3CC(=O)c2csc(C)n2)no1. The zero-order valence-corrected chi connectivity index (χ0v) is 15.1. The van der Waals surface area contributed by atoms with E-state index in [1.54, 1.807) is 0 Å². The Hall–Kier alpha value is -2.34. The molecule has 0 bridgehead atoms. The third-order valence-corrected chi connectivity index (χ3v) is 5.48. The highest BCUT2D eigenvalue weighted by atomic mass is 32.1. The summed E-state index contributed by atoms with van der Waals surface area (Å²) < 4.78 is 5.20. The Morgan fingerprint density at radius 2 is 2.24 bits per heavy atom. The van der Waals surface area contributed by atoms with Crippen LogP contribution in [0, 0.1) is 6.92 Å². The highest BCUT2D eigenvalue weighted by Gasteiger charge is 2.26. The zero-order chi connectivity index (χ0) is 17.4. The number of thiazole rings is 1. The number of carbonyl (C=O) groups excluding carboxylic acids is 1. The molecule has 4 rings (SSSR count). The van der Waals surface area contributed by atoms with E-state index in [9.17, 15) is 4.79 Å². The van der Waals surface area contributed by atoms with Crippen molar-refractivity contribution in [2.45, 2.75) is 45.4 Å². The van der Waals surface area contributed by atoms with Crippen molar-refractivity contribution in [2.24, 2.45) is 0 Å². The average molecular weight is 353 g/mol. The fourth-order valence-electron chi connectivity index (χ4n) is 3.39. The largest absolute Gasteiger partial charge is 0.339 e. The molecule has 6 heteroatoms. The van der Waals surface area contributed by atoms with Crippen LogP contribution in [0.5, 0.6) is 0 Å². The van der Waals surface area contributed by atoms with Crippen molar-refractivity contribution in [2.75, 3.05) is 0 Å². The second kappa shape index (κ2) is 6.52. The van der Waals surface area contributed by atoms with Crippen molar-refractivity contribution in [3.8, 4) is 11.4 Å². The molecule has 0 radical (unpaired) electrons. The Morgan fingerprint density at radius 1 is 1.36 bits per heavy atom. The lowest BCUT2D eigenvalue weighted by atomic mass is 9.94. The number of rotatable bonds is 5. The van der Waals surface area contributed by atoms with Gasteiger partial charge in [-0.15, -0.1) is 11.3 Å². The van der Waals surface area contributed by atoms with Gasteiger partial charge < -0.3 is 4.52 Å². The van der Waals surface area contributed by atoms with Gasteiger partial charge in [-0.05, 0) is 42.9 Å². The molecule has 1 aromatic carbocycles. The van der Waals surface area contributed by atoms with Gasteiger partial charge in [0, 0.05) is 23.8 Å². The van der Waals surface area contributed by atoms with Gasteiger partial charge >= 0.3 is 0 Å². The summed E-state index contributed by atoms with van der Waals surface area (Å²) in [5.41, 5.74) is 4.13. The predicted molar refractivity (Wildman–Crippen MR) is 96.0 cm³/mol. The Bertz CT molecular complexity index is 928. The normalized spacial score (nSPS) is 16.2. The number of hydrogen-bond acceptors (Lipinski definition) is 6. The summed E-state index contributed by atoms with van der Waals surface area (Å²) in [5, 5.41) is 6.84. The minimum Gasteiger partial charge on any atom is -0.339 e. The van der Waals surface area contributed by atoms with E-state index in [0.29, 0.717) is 23.8 Å². The number of fused-ring (bicyclic) bond motifs is 1. The maximum atomic E-state index is 12.5. The average Bonchev–Trinajstić information content (AvgIpc) is 3.34. The van der Waals surface area contributed by atoms with E-state index < -0.39 is 0 Å². The minimum atomic E-state index is 0.136. The summed E-state index contributed by atoms with van der Waals surface area (Å²) in [4.78, 5) is 21.2. The van der Waals surface area contributed by atoms with Gasteiger partial charge in [0.25, 0.3) is 0 Å². The van der Waals surface area contributed by atoms with Crippen LogP contribution in [0.15, 0.2) is 28.1 Å². The standard InChI is InChI=1S/C19H19N3O2S/c1-3-18-21-19(22-24-18)14-6-7-15-12(8-14)4-5-13(15)9-17(23)16-10-25-11(2)20-16/h6-8,10,13H,3-5,9H2,1-2H3/t13-/m0/s1. The van der Waals surface area contributed by atoms with Crippen LogP contribution in [0.3, 0.4) is 0 Å². The molecule has 3 aromatic rings. The van der Waals surface area contributed by atoms with Crippen molar-refractivity contribution in [1.82, 2.24) is 15.1 Å². The van der Waals surface area contributed by atoms with Crippen LogP contribution in [0.25, 0.3) is 11.4 Å². The van der Waals surface area contributed by atoms with Crippen LogP contribution < -0.4 is 0 Å². The summed E-state index contributed by atoms with van der Waals surface area (Å²) in [6.45, 7) is 3.92.